The van der Waals surface area contributed by atoms with Crippen LogP contribution >= 0.6 is 0 Å². The van der Waals surface area contributed by atoms with Crippen molar-refractivity contribution in [3.63, 3.8) is 0 Å². The van der Waals surface area contributed by atoms with Gasteiger partial charge >= 0.3 is 0 Å². The lowest BCUT2D eigenvalue weighted by Gasteiger charge is -2.09. The van der Waals surface area contributed by atoms with E-state index in [0.717, 1.165) is 17.7 Å². The molecular weight excluding hydrogens is 350 g/mol. The normalized spacial score (nSPS) is 11.4. The first-order valence-corrected chi connectivity index (χ1v) is 8.57. The topological polar surface area (TPSA) is 43.2 Å². The molecule has 2 aromatic carbocycles. The molecule has 0 atom stereocenters. The number of hydrogen-bond acceptors (Lipinski definition) is 4. The highest BCUT2D eigenvalue weighted by Gasteiger charge is 2.17. The van der Waals surface area contributed by atoms with Crippen LogP contribution < -0.4 is 4.74 Å². The first-order chi connectivity index (χ1) is 13.0. The summed E-state index contributed by atoms with van der Waals surface area (Å²) in [5.41, 5.74) is 2.62. The minimum atomic E-state index is -2.52. The molecule has 0 aliphatic carbocycles. The van der Waals surface area contributed by atoms with E-state index in [1.54, 1.807) is 31.4 Å². The molecule has 0 N–H and O–H groups in total. The molecule has 0 spiro atoms. The first-order valence-electron chi connectivity index (χ1n) is 8.57. The van der Waals surface area contributed by atoms with Crippen molar-refractivity contribution in [2.75, 3.05) is 21.2 Å². The van der Waals surface area contributed by atoms with Gasteiger partial charge in [-0.15, -0.1) is 0 Å². The van der Waals surface area contributed by atoms with Crippen LogP contribution in [0.25, 0.3) is 22.8 Å². The maximum absolute atomic E-state index is 13.0. The Balaban J connectivity index is 2.00. The summed E-state index contributed by atoms with van der Waals surface area (Å²) in [6.07, 6.45) is -2.52. The minimum Gasteiger partial charge on any atom is -0.497 e. The maximum Gasteiger partial charge on any atom is 0.258 e. The molecule has 0 aliphatic heterocycles. The molecule has 0 aliphatic rings. The quantitative estimate of drug-likeness (QED) is 0.630. The van der Waals surface area contributed by atoms with E-state index in [4.69, 9.17) is 4.74 Å². The summed E-state index contributed by atoms with van der Waals surface area (Å²) in [7, 11) is 5.56. The molecule has 0 unspecified atom stereocenters. The van der Waals surface area contributed by atoms with Crippen LogP contribution in [0.5, 0.6) is 5.75 Å². The minimum absolute atomic E-state index is 0.408. The fourth-order valence-electron chi connectivity index (χ4n) is 2.85. The van der Waals surface area contributed by atoms with E-state index in [-0.39, 0.29) is 0 Å². The molecule has 0 fully saturated rings. The Labute approximate surface area is 157 Å². The number of benzene rings is 2. The van der Waals surface area contributed by atoms with Crippen LogP contribution in [0.15, 0.2) is 48.5 Å². The Hall–Kier alpha value is -2.80. The van der Waals surface area contributed by atoms with Crippen LogP contribution in [0.4, 0.5) is 8.78 Å². The second-order valence-electron chi connectivity index (χ2n) is 6.50. The third kappa shape index (κ3) is 4.68. The van der Waals surface area contributed by atoms with Crippen LogP contribution in [-0.2, 0) is 13.1 Å². The summed E-state index contributed by atoms with van der Waals surface area (Å²) in [5, 5.41) is 4.34. The standard InChI is InChI=1S/C20H22F2N4O/c1-25(2)12-14-5-4-6-16(11-14)19-23-20(26(24-19)13-18(21)22)15-7-9-17(27-3)10-8-15/h4-11,18H,12-13H2,1-3H3. The number of nitrogens with zero attached hydrogens (tertiary/aromatic N) is 4. The number of alkyl halides is 2. The van der Waals surface area contributed by atoms with Gasteiger partial charge in [0.2, 0.25) is 0 Å². The average Bonchev–Trinajstić information content (AvgIpc) is 3.04. The van der Waals surface area contributed by atoms with E-state index < -0.39 is 13.0 Å². The highest BCUT2D eigenvalue weighted by atomic mass is 19.3. The zero-order valence-electron chi connectivity index (χ0n) is 15.6. The van der Waals surface area contributed by atoms with Crippen molar-refractivity contribution in [1.29, 1.82) is 0 Å². The molecular formula is C20H22F2N4O. The van der Waals surface area contributed by atoms with E-state index >= 15 is 0 Å². The Bertz CT molecular complexity index is 891. The lowest BCUT2D eigenvalue weighted by molar-refractivity contribution is 0.122. The van der Waals surface area contributed by atoms with E-state index in [9.17, 15) is 8.78 Å². The lowest BCUT2D eigenvalue weighted by Crippen LogP contribution is -2.10. The van der Waals surface area contributed by atoms with Crippen molar-refractivity contribution >= 4 is 0 Å². The van der Waals surface area contributed by atoms with Gasteiger partial charge in [0.1, 0.15) is 12.3 Å². The number of methoxy groups -OCH3 is 1. The summed E-state index contributed by atoms with van der Waals surface area (Å²) < 4.78 is 32.5. The summed E-state index contributed by atoms with van der Waals surface area (Å²) in [4.78, 5) is 6.60. The maximum atomic E-state index is 13.0. The summed E-state index contributed by atoms with van der Waals surface area (Å²) in [6.45, 7) is 0.267. The van der Waals surface area contributed by atoms with Crippen molar-refractivity contribution in [2.45, 2.75) is 19.5 Å². The van der Waals surface area contributed by atoms with Gasteiger partial charge in [0.15, 0.2) is 11.6 Å². The molecule has 3 aromatic rings. The Kier molecular flexibility index (Phi) is 5.81. The molecule has 3 rings (SSSR count). The highest BCUT2D eigenvalue weighted by Crippen LogP contribution is 2.25. The molecule has 27 heavy (non-hydrogen) atoms. The Morgan fingerprint density at radius 3 is 2.44 bits per heavy atom. The van der Waals surface area contributed by atoms with Gasteiger partial charge in [0.05, 0.1) is 7.11 Å². The van der Waals surface area contributed by atoms with Gasteiger partial charge in [-0.05, 0) is 50.0 Å². The van der Waals surface area contributed by atoms with E-state index in [2.05, 4.69) is 15.0 Å². The van der Waals surface area contributed by atoms with Gasteiger partial charge < -0.3 is 9.64 Å². The fraction of sp³-hybridized carbons (Fsp3) is 0.300. The van der Waals surface area contributed by atoms with Crippen LogP contribution in [-0.4, -0.2) is 47.3 Å². The summed E-state index contributed by atoms with van der Waals surface area (Å²) >= 11 is 0. The summed E-state index contributed by atoms with van der Waals surface area (Å²) in [6, 6.07) is 14.9. The third-order valence-electron chi connectivity index (χ3n) is 4.01. The lowest BCUT2D eigenvalue weighted by atomic mass is 10.1. The van der Waals surface area contributed by atoms with Gasteiger partial charge in [0.25, 0.3) is 6.43 Å². The molecule has 0 saturated heterocycles. The van der Waals surface area contributed by atoms with Crippen LogP contribution in [0.3, 0.4) is 0 Å². The number of rotatable bonds is 7. The van der Waals surface area contributed by atoms with E-state index in [0.29, 0.717) is 23.0 Å². The highest BCUT2D eigenvalue weighted by molar-refractivity contribution is 5.62. The first kappa shape index (κ1) is 19.0. The summed E-state index contributed by atoms with van der Waals surface area (Å²) in [5.74, 6) is 1.53. The Morgan fingerprint density at radius 2 is 1.81 bits per heavy atom. The van der Waals surface area contributed by atoms with Crippen LogP contribution in [0, 0.1) is 0 Å². The second kappa shape index (κ2) is 8.26. The van der Waals surface area contributed by atoms with Gasteiger partial charge in [-0.25, -0.2) is 18.4 Å². The fourth-order valence-corrected chi connectivity index (χ4v) is 2.85. The largest absolute Gasteiger partial charge is 0.497 e. The predicted molar refractivity (Wildman–Crippen MR) is 101 cm³/mol. The van der Waals surface area contributed by atoms with Crippen molar-refractivity contribution in [3.05, 3.63) is 54.1 Å². The van der Waals surface area contributed by atoms with Crippen molar-refractivity contribution < 1.29 is 13.5 Å². The molecule has 1 heterocycles. The predicted octanol–water partition coefficient (Wildman–Crippen LogP) is 3.95. The van der Waals surface area contributed by atoms with Gasteiger partial charge in [-0.3, -0.25) is 0 Å². The molecule has 0 saturated carbocycles. The van der Waals surface area contributed by atoms with Crippen LogP contribution in [0.1, 0.15) is 5.56 Å². The Morgan fingerprint density at radius 1 is 1.07 bits per heavy atom. The van der Waals surface area contributed by atoms with Gasteiger partial charge in [-0.2, -0.15) is 5.10 Å². The molecule has 0 amide bonds. The molecule has 142 valence electrons. The van der Waals surface area contributed by atoms with E-state index in [1.165, 1.54) is 4.68 Å². The zero-order chi connectivity index (χ0) is 19.4. The van der Waals surface area contributed by atoms with Gasteiger partial charge in [0, 0.05) is 17.7 Å². The number of ether oxygens (including phenoxy) is 1. The molecule has 0 radical (unpaired) electrons. The zero-order valence-corrected chi connectivity index (χ0v) is 15.6. The van der Waals surface area contributed by atoms with Crippen molar-refractivity contribution in [1.82, 2.24) is 19.7 Å². The number of hydrogen-bond donors (Lipinski definition) is 0. The molecule has 0 bridgehead atoms. The second-order valence-corrected chi connectivity index (χ2v) is 6.50. The number of aromatic nitrogens is 3. The molecule has 1 aromatic heterocycles. The molecule has 5 nitrogen and oxygen atoms in total. The molecule has 7 heteroatoms. The van der Waals surface area contributed by atoms with E-state index in [1.807, 2.05) is 38.4 Å². The monoisotopic (exact) mass is 372 g/mol. The van der Waals surface area contributed by atoms with Gasteiger partial charge in [-0.1, -0.05) is 18.2 Å². The SMILES string of the molecule is COc1ccc(-c2nc(-c3cccc(CN(C)C)c3)nn2CC(F)F)cc1. The number of halogens is 2. The van der Waals surface area contributed by atoms with Crippen LogP contribution in [0.2, 0.25) is 0 Å². The average molecular weight is 372 g/mol. The smallest absolute Gasteiger partial charge is 0.258 e. The van der Waals surface area contributed by atoms with Crippen molar-refractivity contribution in [2.24, 2.45) is 0 Å². The van der Waals surface area contributed by atoms with Crippen molar-refractivity contribution in [3.8, 4) is 28.5 Å². The third-order valence-corrected chi connectivity index (χ3v) is 4.01.